The highest BCUT2D eigenvalue weighted by Gasteiger charge is 2.27. The molecule has 1 fully saturated rings. The lowest BCUT2D eigenvalue weighted by Crippen LogP contribution is -2.12. The second-order valence-electron chi connectivity index (χ2n) is 3.99. The number of halogens is 1. The predicted octanol–water partition coefficient (Wildman–Crippen LogP) is 1.59. The van der Waals surface area contributed by atoms with E-state index in [4.69, 9.17) is 5.84 Å². The molecular formula is C10H11BrN6. The van der Waals surface area contributed by atoms with E-state index in [1.54, 1.807) is 16.9 Å². The van der Waals surface area contributed by atoms with E-state index < -0.39 is 0 Å². The lowest BCUT2D eigenvalue weighted by Gasteiger charge is -2.06. The van der Waals surface area contributed by atoms with Crippen LogP contribution in [0.2, 0.25) is 0 Å². The zero-order valence-electron chi connectivity index (χ0n) is 8.97. The summed E-state index contributed by atoms with van der Waals surface area (Å²) in [5.41, 5.74) is 2.56. The second kappa shape index (κ2) is 4.08. The summed E-state index contributed by atoms with van der Waals surface area (Å²) in [4.78, 5) is 8.85. The molecule has 0 spiro atoms. The summed E-state index contributed by atoms with van der Waals surface area (Å²) in [5, 5.41) is 4.19. The van der Waals surface area contributed by atoms with Gasteiger partial charge < -0.3 is 5.43 Å². The van der Waals surface area contributed by atoms with Crippen LogP contribution in [-0.2, 0) is 0 Å². The van der Waals surface area contributed by atoms with E-state index in [1.165, 1.54) is 0 Å². The average molecular weight is 295 g/mol. The van der Waals surface area contributed by atoms with Crippen LogP contribution in [0.25, 0.3) is 5.82 Å². The normalized spacial score (nSPS) is 14.9. The summed E-state index contributed by atoms with van der Waals surface area (Å²) in [7, 11) is 0. The predicted molar refractivity (Wildman–Crippen MR) is 66.6 cm³/mol. The molecular weight excluding hydrogens is 284 g/mol. The number of anilines is 1. The molecule has 3 N–H and O–H groups in total. The fraction of sp³-hybridized carbons (Fsp3) is 0.300. The summed E-state index contributed by atoms with van der Waals surface area (Å²) in [5.74, 6) is 8.06. The van der Waals surface area contributed by atoms with Crippen molar-refractivity contribution in [2.24, 2.45) is 5.84 Å². The highest BCUT2D eigenvalue weighted by atomic mass is 79.9. The molecule has 0 aliphatic heterocycles. The van der Waals surface area contributed by atoms with Crippen LogP contribution in [-0.4, -0.2) is 19.7 Å². The molecule has 0 unspecified atom stereocenters. The minimum Gasteiger partial charge on any atom is -0.308 e. The van der Waals surface area contributed by atoms with Gasteiger partial charge in [-0.3, -0.25) is 0 Å². The lowest BCUT2D eigenvalue weighted by molar-refractivity contribution is 0.810. The van der Waals surface area contributed by atoms with Crippen molar-refractivity contribution >= 4 is 21.7 Å². The van der Waals surface area contributed by atoms with Crippen LogP contribution in [0.1, 0.15) is 24.6 Å². The van der Waals surface area contributed by atoms with Gasteiger partial charge in [0.2, 0.25) is 0 Å². The van der Waals surface area contributed by atoms with Gasteiger partial charge >= 0.3 is 0 Å². The zero-order valence-corrected chi connectivity index (χ0v) is 10.6. The van der Waals surface area contributed by atoms with Crippen molar-refractivity contribution in [2.45, 2.75) is 18.8 Å². The minimum atomic E-state index is 0.473. The Morgan fingerprint density at radius 2 is 2.24 bits per heavy atom. The van der Waals surface area contributed by atoms with E-state index in [0.717, 1.165) is 29.0 Å². The van der Waals surface area contributed by atoms with Crippen LogP contribution < -0.4 is 11.3 Å². The standard InChI is InChI=1S/C10H11BrN6/c11-7-4-13-17(5-7)9-3-8(16-12)14-10(15-9)6-1-2-6/h3-6H,1-2,12H2,(H,14,15,16). The quantitative estimate of drug-likeness (QED) is 0.664. The van der Waals surface area contributed by atoms with Gasteiger partial charge in [-0.05, 0) is 28.8 Å². The van der Waals surface area contributed by atoms with Gasteiger partial charge in [0, 0.05) is 18.2 Å². The van der Waals surface area contributed by atoms with Crippen LogP contribution in [0.15, 0.2) is 22.9 Å². The van der Waals surface area contributed by atoms with Crippen molar-refractivity contribution in [1.29, 1.82) is 0 Å². The molecule has 0 atom stereocenters. The van der Waals surface area contributed by atoms with Crippen molar-refractivity contribution in [1.82, 2.24) is 19.7 Å². The number of aromatic nitrogens is 4. The van der Waals surface area contributed by atoms with E-state index >= 15 is 0 Å². The molecule has 88 valence electrons. The molecule has 0 radical (unpaired) electrons. The van der Waals surface area contributed by atoms with Crippen LogP contribution in [0.4, 0.5) is 5.82 Å². The van der Waals surface area contributed by atoms with Crippen LogP contribution in [0, 0.1) is 0 Å². The number of rotatable bonds is 3. The van der Waals surface area contributed by atoms with Crippen LogP contribution in [0.5, 0.6) is 0 Å². The Labute approximate surface area is 106 Å². The molecule has 0 aromatic carbocycles. The first-order chi connectivity index (χ1) is 8.26. The highest BCUT2D eigenvalue weighted by Crippen LogP contribution is 2.38. The van der Waals surface area contributed by atoms with Crippen molar-refractivity contribution in [2.75, 3.05) is 5.43 Å². The van der Waals surface area contributed by atoms with E-state index in [9.17, 15) is 0 Å². The molecule has 3 rings (SSSR count). The third-order valence-corrected chi connectivity index (χ3v) is 3.02. The van der Waals surface area contributed by atoms with Gasteiger partial charge in [0.25, 0.3) is 0 Å². The monoisotopic (exact) mass is 294 g/mol. The number of hydrogen-bond donors (Lipinski definition) is 2. The summed E-state index contributed by atoms with van der Waals surface area (Å²) in [6.45, 7) is 0. The van der Waals surface area contributed by atoms with E-state index in [0.29, 0.717) is 11.7 Å². The maximum Gasteiger partial charge on any atom is 0.159 e. The van der Waals surface area contributed by atoms with E-state index in [-0.39, 0.29) is 0 Å². The molecule has 2 aromatic heterocycles. The van der Waals surface area contributed by atoms with Crippen molar-refractivity contribution in [3.63, 3.8) is 0 Å². The average Bonchev–Trinajstić information content (AvgIpc) is 3.11. The fourth-order valence-corrected chi connectivity index (χ4v) is 1.88. The number of hydrogen-bond acceptors (Lipinski definition) is 5. The maximum atomic E-state index is 5.41. The fourth-order valence-electron chi connectivity index (χ4n) is 1.59. The van der Waals surface area contributed by atoms with Crippen molar-refractivity contribution < 1.29 is 0 Å². The van der Waals surface area contributed by atoms with E-state index in [2.05, 4.69) is 36.4 Å². The summed E-state index contributed by atoms with van der Waals surface area (Å²) < 4.78 is 2.60. The van der Waals surface area contributed by atoms with Gasteiger partial charge in [-0.2, -0.15) is 5.10 Å². The first-order valence-corrected chi connectivity index (χ1v) is 6.11. The Morgan fingerprint density at radius 3 is 2.82 bits per heavy atom. The molecule has 0 saturated heterocycles. The second-order valence-corrected chi connectivity index (χ2v) is 4.91. The van der Waals surface area contributed by atoms with Crippen molar-refractivity contribution in [3.05, 3.63) is 28.8 Å². The first-order valence-electron chi connectivity index (χ1n) is 5.32. The SMILES string of the molecule is NNc1cc(-n2cc(Br)cn2)nc(C2CC2)n1. The Balaban J connectivity index is 2.05. The van der Waals surface area contributed by atoms with Crippen LogP contribution in [0.3, 0.4) is 0 Å². The third-order valence-electron chi connectivity index (χ3n) is 2.61. The number of nitrogens with one attached hydrogen (secondary N) is 1. The zero-order chi connectivity index (χ0) is 11.8. The van der Waals surface area contributed by atoms with Gasteiger partial charge in [-0.25, -0.2) is 20.5 Å². The van der Waals surface area contributed by atoms with Gasteiger partial charge in [0.15, 0.2) is 5.82 Å². The molecule has 1 saturated carbocycles. The minimum absolute atomic E-state index is 0.473. The number of hydrazine groups is 1. The highest BCUT2D eigenvalue weighted by molar-refractivity contribution is 9.10. The molecule has 1 aliphatic rings. The maximum absolute atomic E-state index is 5.41. The molecule has 6 nitrogen and oxygen atoms in total. The van der Waals surface area contributed by atoms with Crippen LogP contribution >= 0.6 is 15.9 Å². The summed E-state index contributed by atoms with van der Waals surface area (Å²) in [6, 6.07) is 1.77. The molecule has 0 bridgehead atoms. The molecule has 2 heterocycles. The summed E-state index contributed by atoms with van der Waals surface area (Å²) in [6.07, 6.45) is 5.86. The van der Waals surface area contributed by atoms with Gasteiger partial charge in [0.05, 0.1) is 10.7 Å². The number of nitrogens with two attached hydrogens (primary N) is 1. The van der Waals surface area contributed by atoms with Crippen molar-refractivity contribution in [3.8, 4) is 5.82 Å². The Kier molecular flexibility index (Phi) is 2.56. The smallest absolute Gasteiger partial charge is 0.159 e. The molecule has 1 aliphatic carbocycles. The Bertz CT molecular complexity index is 547. The largest absolute Gasteiger partial charge is 0.308 e. The van der Waals surface area contributed by atoms with Gasteiger partial charge in [-0.15, -0.1) is 0 Å². The number of nitrogen functional groups attached to an aromatic ring is 1. The molecule has 2 aromatic rings. The van der Waals surface area contributed by atoms with E-state index in [1.807, 2.05) is 6.20 Å². The molecule has 17 heavy (non-hydrogen) atoms. The first kappa shape index (κ1) is 10.7. The van der Waals surface area contributed by atoms with Gasteiger partial charge in [-0.1, -0.05) is 0 Å². The Hall–Kier alpha value is -1.47. The topological polar surface area (TPSA) is 81.6 Å². The lowest BCUT2D eigenvalue weighted by atomic mass is 10.4. The van der Waals surface area contributed by atoms with Gasteiger partial charge in [0.1, 0.15) is 11.6 Å². The number of nitrogens with zero attached hydrogens (tertiary/aromatic N) is 4. The third kappa shape index (κ3) is 2.16. The molecule has 7 heteroatoms. The summed E-state index contributed by atoms with van der Waals surface area (Å²) >= 11 is 3.36. The Morgan fingerprint density at radius 1 is 1.41 bits per heavy atom. The molecule has 0 amide bonds.